The molecule has 0 atom stereocenters. The van der Waals surface area contributed by atoms with E-state index >= 15 is 0 Å². The number of benzene rings is 1. The van der Waals surface area contributed by atoms with Gasteiger partial charge < -0.3 is 10.6 Å². The minimum absolute atomic E-state index is 0.244. The summed E-state index contributed by atoms with van der Waals surface area (Å²) < 4.78 is 14.7. The van der Waals surface area contributed by atoms with Gasteiger partial charge in [0.15, 0.2) is 5.96 Å². The molecular weight excluding hydrogens is 305 g/mol. The first-order valence-corrected chi connectivity index (χ1v) is 8.17. The zero-order valence-electron chi connectivity index (χ0n) is 13.7. The summed E-state index contributed by atoms with van der Waals surface area (Å²) in [7, 11) is 1.78. The molecule has 2 aromatic rings. The van der Waals surface area contributed by atoms with Crippen LogP contribution in [0.15, 0.2) is 53.7 Å². The number of halogens is 1. The van der Waals surface area contributed by atoms with Crippen molar-refractivity contribution in [2.75, 3.05) is 13.6 Å². The van der Waals surface area contributed by atoms with Gasteiger partial charge in [0.1, 0.15) is 5.82 Å². The van der Waals surface area contributed by atoms with E-state index < -0.39 is 0 Å². The Labute approximate surface area is 141 Å². The minimum atomic E-state index is -0.244. The fourth-order valence-electron chi connectivity index (χ4n) is 2.66. The van der Waals surface area contributed by atoms with Crippen molar-refractivity contribution in [1.29, 1.82) is 0 Å². The average Bonchev–Trinajstić information content (AvgIpc) is 3.26. The third-order valence-electron chi connectivity index (χ3n) is 3.98. The van der Waals surface area contributed by atoms with Crippen molar-refractivity contribution in [3.63, 3.8) is 0 Å². The van der Waals surface area contributed by atoms with Crippen molar-refractivity contribution in [2.24, 2.45) is 4.99 Å². The number of hydrogen-bond donors (Lipinski definition) is 2. The van der Waals surface area contributed by atoms with Gasteiger partial charge in [-0.15, -0.1) is 0 Å². The Morgan fingerprint density at radius 3 is 2.71 bits per heavy atom. The Morgan fingerprint density at radius 1 is 1.25 bits per heavy atom. The van der Waals surface area contributed by atoms with Crippen LogP contribution in [0.1, 0.15) is 18.5 Å². The highest BCUT2D eigenvalue weighted by molar-refractivity contribution is 5.80. The number of hydrogen-bond acceptors (Lipinski definition) is 2. The van der Waals surface area contributed by atoms with Gasteiger partial charge in [-0.25, -0.2) is 9.07 Å². The van der Waals surface area contributed by atoms with Crippen molar-refractivity contribution in [2.45, 2.75) is 25.3 Å². The second-order valence-electron chi connectivity index (χ2n) is 5.76. The number of aromatic nitrogens is 2. The fourth-order valence-corrected chi connectivity index (χ4v) is 2.66. The molecule has 6 heteroatoms. The van der Waals surface area contributed by atoms with Crippen molar-refractivity contribution < 1.29 is 4.39 Å². The predicted octanol–water partition coefficient (Wildman–Crippen LogP) is 2.44. The molecule has 3 rings (SSSR count). The first-order valence-electron chi connectivity index (χ1n) is 8.17. The Bertz CT molecular complexity index is 709. The van der Waals surface area contributed by atoms with Gasteiger partial charge in [0.2, 0.25) is 0 Å². The van der Waals surface area contributed by atoms with Gasteiger partial charge in [-0.3, -0.25) is 4.99 Å². The van der Waals surface area contributed by atoms with Gasteiger partial charge in [0, 0.05) is 32.3 Å². The quantitative estimate of drug-likeness (QED) is 0.504. The third-order valence-corrected chi connectivity index (χ3v) is 3.98. The Morgan fingerprint density at radius 2 is 2.00 bits per heavy atom. The SMILES string of the molecule is CN=C(NCCc1ccn(-c2ccc(F)cc2)n1)NC1CC=CC1. The molecular formula is C18H22FN5. The number of nitrogens with zero attached hydrogens (tertiary/aromatic N) is 3. The predicted molar refractivity (Wildman–Crippen MR) is 93.9 cm³/mol. The van der Waals surface area contributed by atoms with Crippen LogP contribution in [0.25, 0.3) is 5.69 Å². The van der Waals surface area contributed by atoms with E-state index in [0.717, 1.165) is 43.1 Å². The molecule has 2 N–H and O–H groups in total. The van der Waals surface area contributed by atoms with E-state index in [0.29, 0.717) is 6.04 Å². The van der Waals surface area contributed by atoms with E-state index in [1.54, 1.807) is 23.9 Å². The standard InChI is InChI=1S/C18H22FN5/c1-20-18(22-15-4-2-3-5-15)21-12-10-16-11-13-24(23-16)17-8-6-14(19)7-9-17/h2-3,6-9,11,13,15H,4-5,10,12H2,1H3,(H2,20,21,22). The third kappa shape index (κ3) is 4.22. The van der Waals surface area contributed by atoms with Gasteiger partial charge in [-0.05, 0) is 43.2 Å². The van der Waals surface area contributed by atoms with E-state index in [-0.39, 0.29) is 5.82 Å². The largest absolute Gasteiger partial charge is 0.356 e. The summed E-state index contributed by atoms with van der Waals surface area (Å²) in [6, 6.07) is 8.71. The lowest BCUT2D eigenvalue weighted by Gasteiger charge is -2.16. The van der Waals surface area contributed by atoms with Crippen LogP contribution in [0.5, 0.6) is 0 Å². The zero-order valence-corrected chi connectivity index (χ0v) is 13.7. The monoisotopic (exact) mass is 327 g/mol. The molecule has 0 saturated carbocycles. The summed E-state index contributed by atoms with van der Waals surface area (Å²) in [6.45, 7) is 0.750. The summed E-state index contributed by atoms with van der Waals surface area (Å²) in [4.78, 5) is 4.25. The molecule has 0 unspecified atom stereocenters. The molecule has 0 fully saturated rings. The molecule has 126 valence electrons. The number of guanidine groups is 1. The second-order valence-corrected chi connectivity index (χ2v) is 5.76. The van der Waals surface area contributed by atoms with Gasteiger partial charge in [-0.2, -0.15) is 5.10 Å². The molecule has 24 heavy (non-hydrogen) atoms. The highest BCUT2D eigenvalue weighted by Gasteiger charge is 2.11. The van der Waals surface area contributed by atoms with Crippen LogP contribution < -0.4 is 10.6 Å². The van der Waals surface area contributed by atoms with Crippen molar-refractivity contribution >= 4 is 5.96 Å². The molecule has 0 spiro atoms. The van der Waals surface area contributed by atoms with E-state index in [1.807, 2.05) is 12.3 Å². The molecule has 1 aliphatic rings. The lowest BCUT2D eigenvalue weighted by Crippen LogP contribution is -2.43. The molecule has 0 bridgehead atoms. The lowest BCUT2D eigenvalue weighted by atomic mass is 10.2. The molecule has 5 nitrogen and oxygen atoms in total. The van der Waals surface area contributed by atoms with Crippen LogP contribution in [0.3, 0.4) is 0 Å². The molecule has 0 radical (unpaired) electrons. The van der Waals surface area contributed by atoms with Gasteiger partial charge in [0.25, 0.3) is 0 Å². The summed E-state index contributed by atoms with van der Waals surface area (Å²) in [5.41, 5.74) is 1.83. The summed E-state index contributed by atoms with van der Waals surface area (Å²) >= 11 is 0. The van der Waals surface area contributed by atoms with Crippen molar-refractivity contribution in [3.05, 3.63) is 60.2 Å². The maximum atomic E-state index is 13.0. The number of nitrogens with one attached hydrogen (secondary N) is 2. The molecule has 0 aliphatic heterocycles. The average molecular weight is 327 g/mol. The molecule has 1 aromatic heterocycles. The summed E-state index contributed by atoms with van der Waals surface area (Å²) in [5, 5.41) is 11.2. The maximum absolute atomic E-state index is 13.0. The lowest BCUT2D eigenvalue weighted by molar-refractivity contribution is 0.627. The fraction of sp³-hybridized carbons (Fsp3) is 0.333. The molecule has 1 heterocycles. The van der Waals surface area contributed by atoms with Gasteiger partial charge in [0.05, 0.1) is 11.4 Å². The van der Waals surface area contributed by atoms with Crippen LogP contribution in [0.4, 0.5) is 4.39 Å². The van der Waals surface area contributed by atoms with Crippen molar-refractivity contribution in [3.8, 4) is 5.69 Å². The Hall–Kier alpha value is -2.63. The van der Waals surface area contributed by atoms with E-state index in [2.05, 4.69) is 32.9 Å². The maximum Gasteiger partial charge on any atom is 0.191 e. The van der Waals surface area contributed by atoms with Gasteiger partial charge >= 0.3 is 0 Å². The molecule has 1 aromatic carbocycles. The highest BCUT2D eigenvalue weighted by Crippen LogP contribution is 2.10. The summed E-state index contributed by atoms with van der Waals surface area (Å²) in [6.07, 6.45) is 9.14. The van der Waals surface area contributed by atoms with Gasteiger partial charge in [-0.1, -0.05) is 12.2 Å². The zero-order chi connectivity index (χ0) is 16.8. The van der Waals surface area contributed by atoms with Crippen molar-refractivity contribution in [1.82, 2.24) is 20.4 Å². The molecule has 0 saturated heterocycles. The summed E-state index contributed by atoms with van der Waals surface area (Å²) in [5.74, 6) is 0.577. The first-order chi connectivity index (χ1) is 11.7. The minimum Gasteiger partial charge on any atom is -0.356 e. The van der Waals surface area contributed by atoms with Crippen LogP contribution >= 0.6 is 0 Å². The first kappa shape index (κ1) is 16.2. The van der Waals surface area contributed by atoms with Crippen LogP contribution in [0, 0.1) is 5.82 Å². The smallest absolute Gasteiger partial charge is 0.191 e. The topological polar surface area (TPSA) is 54.2 Å². The van der Waals surface area contributed by atoms with E-state index in [1.165, 1.54) is 12.1 Å². The number of aliphatic imine (C=N–C) groups is 1. The van der Waals surface area contributed by atoms with Crippen LogP contribution in [-0.2, 0) is 6.42 Å². The normalized spacial score (nSPS) is 15.0. The Balaban J connectivity index is 1.49. The Kier molecular flexibility index (Phi) is 5.25. The number of rotatable bonds is 5. The van der Waals surface area contributed by atoms with E-state index in [9.17, 15) is 4.39 Å². The van der Waals surface area contributed by atoms with Crippen LogP contribution in [-0.4, -0.2) is 35.4 Å². The van der Waals surface area contributed by atoms with Crippen LogP contribution in [0.2, 0.25) is 0 Å². The second kappa shape index (κ2) is 7.77. The highest BCUT2D eigenvalue weighted by atomic mass is 19.1. The van der Waals surface area contributed by atoms with E-state index in [4.69, 9.17) is 0 Å². The molecule has 0 amide bonds. The molecule has 1 aliphatic carbocycles.